The molecule has 1 unspecified atom stereocenters. The largest absolute Gasteiger partial charge is 0.466 e. The molecule has 1 aromatic rings. The molecule has 0 aromatic heterocycles. The van der Waals surface area contributed by atoms with E-state index in [2.05, 4.69) is 0 Å². The number of esters is 1. The van der Waals surface area contributed by atoms with Crippen LogP contribution in [0.5, 0.6) is 0 Å². The van der Waals surface area contributed by atoms with Crippen molar-refractivity contribution < 1.29 is 19.1 Å². The van der Waals surface area contributed by atoms with Crippen LogP contribution in [0.25, 0.3) is 0 Å². The highest BCUT2D eigenvalue weighted by molar-refractivity contribution is 6.30. The molecule has 1 atom stereocenters. The third kappa shape index (κ3) is 5.36. The first-order valence-corrected chi connectivity index (χ1v) is 7.89. The summed E-state index contributed by atoms with van der Waals surface area (Å²) < 4.78 is 4.82. The van der Waals surface area contributed by atoms with Crippen molar-refractivity contribution in [2.24, 2.45) is 5.92 Å². The molecule has 0 fully saturated rings. The first kappa shape index (κ1) is 19.2. The van der Waals surface area contributed by atoms with E-state index < -0.39 is 12.0 Å². The maximum Gasteiger partial charge on any atom is 0.313 e. The molecule has 0 N–H and O–H groups in total. The maximum atomic E-state index is 12.5. The van der Waals surface area contributed by atoms with Gasteiger partial charge in [-0.3, -0.25) is 14.4 Å². The fourth-order valence-electron chi connectivity index (χ4n) is 2.41. The Labute approximate surface area is 141 Å². The normalized spacial score (nSPS) is 11.9. The average Bonchev–Trinajstić information content (AvgIpc) is 2.45. The van der Waals surface area contributed by atoms with Crippen molar-refractivity contribution in [1.82, 2.24) is 0 Å². The predicted molar refractivity (Wildman–Crippen MR) is 89.5 cm³/mol. The van der Waals surface area contributed by atoms with Crippen molar-refractivity contribution in [3.8, 4) is 0 Å². The number of Topliss-reactive ketones (excluding diaryl/α,β-unsaturated/α-hetero) is 1. The quantitative estimate of drug-likeness (QED) is 0.565. The van der Waals surface area contributed by atoms with Gasteiger partial charge in [-0.1, -0.05) is 25.4 Å². The van der Waals surface area contributed by atoms with Crippen LogP contribution in [0.15, 0.2) is 24.3 Å². The van der Waals surface area contributed by atoms with Crippen molar-refractivity contribution in [3.63, 3.8) is 0 Å². The molecule has 6 heteroatoms. The molecule has 0 aliphatic rings. The van der Waals surface area contributed by atoms with E-state index in [1.54, 1.807) is 31.2 Å². The molecule has 0 saturated carbocycles. The summed E-state index contributed by atoms with van der Waals surface area (Å²) in [6, 6.07) is 5.92. The number of ketones is 1. The van der Waals surface area contributed by atoms with E-state index in [0.717, 1.165) is 0 Å². The SMILES string of the molecule is CCOC(=O)CC(=O)C(C(C)C)N(C(C)=O)c1ccc(Cl)cc1. The van der Waals surface area contributed by atoms with Crippen LogP contribution >= 0.6 is 11.6 Å². The highest BCUT2D eigenvalue weighted by Crippen LogP contribution is 2.24. The second-order valence-corrected chi connectivity index (χ2v) is 5.94. The van der Waals surface area contributed by atoms with Crippen molar-refractivity contribution in [3.05, 3.63) is 29.3 Å². The van der Waals surface area contributed by atoms with Gasteiger partial charge in [0.05, 0.1) is 12.6 Å². The number of hydrogen-bond acceptors (Lipinski definition) is 4. The standard InChI is InChI=1S/C17H22ClNO4/c1-5-23-16(22)10-15(21)17(11(2)3)19(12(4)20)14-8-6-13(18)7-9-14/h6-9,11,17H,5,10H2,1-4H3. The van der Waals surface area contributed by atoms with E-state index in [1.807, 2.05) is 13.8 Å². The number of hydrogen-bond donors (Lipinski definition) is 0. The van der Waals surface area contributed by atoms with Gasteiger partial charge in [-0.15, -0.1) is 0 Å². The van der Waals surface area contributed by atoms with Gasteiger partial charge in [0.1, 0.15) is 6.42 Å². The lowest BCUT2D eigenvalue weighted by Crippen LogP contribution is -2.48. The van der Waals surface area contributed by atoms with Crippen molar-refractivity contribution >= 4 is 34.9 Å². The van der Waals surface area contributed by atoms with Gasteiger partial charge in [-0.2, -0.15) is 0 Å². The third-order valence-electron chi connectivity index (χ3n) is 3.31. The molecule has 126 valence electrons. The zero-order valence-electron chi connectivity index (χ0n) is 13.8. The van der Waals surface area contributed by atoms with E-state index in [-0.39, 0.29) is 30.6 Å². The van der Waals surface area contributed by atoms with E-state index in [1.165, 1.54) is 11.8 Å². The summed E-state index contributed by atoms with van der Waals surface area (Å²) in [5.74, 6) is -1.36. The minimum atomic E-state index is -0.738. The number of benzene rings is 1. The molecule has 1 aromatic carbocycles. The lowest BCUT2D eigenvalue weighted by Gasteiger charge is -2.32. The highest BCUT2D eigenvalue weighted by atomic mass is 35.5. The molecule has 1 amide bonds. The number of anilines is 1. The summed E-state index contributed by atoms with van der Waals surface area (Å²) in [5, 5.41) is 0.538. The van der Waals surface area contributed by atoms with Crippen LogP contribution in [0.2, 0.25) is 5.02 Å². The van der Waals surface area contributed by atoms with Crippen molar-refractivity contribution in [2.45, 2.75) is 40.2 Å². The summed E-state index contributed by atoms with van der Waals surface area (Å²) in [6.07, 6.45) is -0.353. The van der Waals surface area contributed by atoms with E-state index >= 15 is 0 Å². The molecule has 0 spiro atoms. The number of halogens is 1. The molecule has 0 bridgehead atoms. The first-order chi connectivity index (χ1) is 10.8. The van der Waals surface area contributed by atoms with Crippen molar-refractivity contribution in [1.29, 1.82) is 0 Å². The Bertz CT molecular complexity index is 568. The van der Waals surface area contributed by atoms with Crippen LogP contribution in [-0.2, 0) is 19.1 Å². The van der Waals surface area contributed by atoms with Gasteiger partial charge in [-0.05, 0) is 37.1 Å². The summed E-state index contributed by atoms with van der Waals surface area (Å²) in [5.41, 5.74) is 0.567. The van der Waals surface area contributed by atoms with Crippen LogP contribution in [0, 0.1) is 5.92 Å². The highest BCUT2D eigenvalue weighted by Gasteiger charge is 2.33. The fraction of sp³-hybridized carbons (Fsp3) is 0.471. The molecule has 5 nitrogen and oxygen atoms in total. The minimum absolute atomic E-state index is 0.156. The summed E-state index contributed by atoms with van der Waals surface area (Å²) in [4.78, 5) is 37.6. The molecule has 0 heterocycles. The van der Waals surface area contributed by atoms with Gasteiger partial charge in [0.15, 0.2) is 5.78 Å². The van der Waals surface area contributed by atoms with Crippen molar-refractivity contribution in [2.75, 3.05) is 11.5 Å². The summed E-state index contributed by atoms with van der Waals surface area (Å²) >= 11 is 5.87. The molecule has 1 rings (SSSR count). The number of ether oxygens (including phenoxy) is 1. The third-order valence-corrected chi connectivity index (χ3v) is 3.56. The molecule has 23 heavy (non-hydrogen) atoms. The Morgan fingerprint density at radius 3 is 2.17 bits per heavy atom. The zero-order chi connectivity index (χ0) is 17.6. The number of carbonyl (C=O) groups is 3. The van der Waals surface area contributed by atoms with Crippen LogP contribution in [0.3, 0.4) is 0 Å². The molecule has 0 aliphatic carbocycles. The smallest absolute Gasteiger partial charge is 0.313 e. The second-order valence-electron chi connectivity index (χ2n) is 5.50. The molecular formula is C17H22ClNO4. The average molecular weight is 340 g/mol. The summed E-state index contributed by atoms with van der Waals surface area (Å²) in [7, 11) is 0. The first-order valence-electron chi connectivity index (χ1n) is 7.51. The Kier molecular flexibility index (Phi) is 7.23. The number of nitrogens with zero attached hydrogens (tertiary/aromatic N) is 1. The van der Waals surface area contributed by atoms with Gasteiger partial charge in [0, 0.05) is 17.6 Å². The maximum absolute atomic E-state index is 12.5. The Morgan fingerprint density at radius 2 is 1.74 bits per heavy atom. The molecular weight excluding hydrogens is 318 g/mol. The fourth-order valence-corrected chi connectivity index (χ4v) is 2.54. The Morgan fingerprint density at radius 1 is 1.17 bits per heavy atom. The molecule has 0 aliphatic heterocycles. The van der Waals surface area contributed by atoms with E-state index in [4.69, 9.17) is 16.3 Å². The van der Waals surface area contributed by atoms with Gasteiger partial charge < -0.3 is 9.64 Å². The Hall–Kier alpha value is -1.88. The lowest BCUT2D eigenvalue weighted by atomic mass is 9.95. The number of rotatable bonds is 7. The zero-order valence-corrected chi connectivity index (χ0v) is 14.6. The second kappa shape index (κ2) is 8.67. The predicted octanol–water partition coefficient (Wildman–Crippen LogP) is 3.24. The van der Waals surface area contributed by atoms with Gasteiger partial charge in [0.2, 0.25) is 5.91 Å². The van der Waals surface area contributed by atoms with Crippen LogP contribution in [0.4, 0.5) is 5.69 Å². The minimum Gasteiger partial charge on any atom is -0.466 e. The van der Waals surface area contributed by atoms with Crippen LogP contribution < -0.4 is 4.90 Å². The van der Waals surface area contributed by atoms with Gasteiger partial charge in [0.25, 0.3) is 0 Å². The molecule has 0 saturated heterocycles. The van der Waals surface area contributed by atoms with Gasteiger partial charge >= 0.3 is 5.97 Å². The summed E-state index contributed by atoms with van der Waals surface area (Å²) in [6.45, 7) is 6.95. The number of carbonyl (C=O) groups excluding carboxylic acids is 3. The topological polar surface area (TPSA) is 63.7 Å². The number of amides is 1. The van der Waals surface area contributed by atoms with E-state index in [0.29, 0.717) is 10.7 Å². The van der Waals surface area contributed by atoms with E-state index in [9.17, 15) is 14.4 Å². The monoisotopic (exact) mass is 339 g/mol. The molecule has 0 radical (unpaired) electrons. The van der Waals surface area contributed by atoms with Crippen LogP contribution in [0.1, 0.15) is 34.1 Å². The van der Waals surface area contributed by atoms with Crippen LogP contribution in [-0.4, -0.2) is 30.3 Å². The lowest BCUT2D eigenvalue weighted by molar-refractivity contribution is -0.146. The Balaban J connectivity index is 3.12. The van der Waals surface area contributed by atoms with Gasteiger partial charge in [-0.25, -0.2) is 0 Å².